The maximum absolute atomic E-state index is 5.14. The first-order valence-electron chi connectivity index (χ1n) is 15.5. The summed E-state index contributed by atoms with van der Waals surface area (Å²) in [6.07, 6.45) is 0. The smallest absolute Gasteiger partial charge is 0.164 e. The molecule has 1 aromatic heterocycles. The van der Waals surface area contributed by atoms with Crippen molar-refractivity contribution in [2.24, 2.45) is 0 Å². The van der Waals surface area contributed by atoms with Gasteiger partial charge in [-0.1, -0.05) is 158 Å². The Morgan fingerprint density at radius 3 is 1.54 bits per heavy atom. The van der Waals surface area contributed by atoms with Crippen molar-refractivity contribution in [1.82, 2.24) is 15.0 Å². The minimum Gasteiger partial charge on any atom is -0.208 e. The molecule has 214 valence electrons. The van der Waals surface area contributed by atoms with Crippen LogP contribution in [0.15, 0.2) is 164 Å². The minimum absolute atomic E-state index is 0.653. The van der Waals surface area contributed by atoms with E-state index in [9.17, 15) is 0 Å². The van der Waals surface area contributed by atoms with Gasteiger partial charge in [0.05, 0.1) is 0 Å². The molecule has 0 atom stereocenters. The predicted molar refractivity (Wildman–Crippen MR) is 192 cm³/mol. The molecule has 3 nitrogen and oxygen atoms in total. The van der Waals surface area contributed by atoms with Crippen LogP contribution >= 0.6 is 0 Å². The van der Waals surface area contributed by atoms with Crippen molar-refractivity contribution in [1.29, 1.82) is 0 Å². The number of rotatable bonds is 4. The Bertz CT molecular complexity index is 2570. The number of hydrogen-bond acceptors (Lipinski definition) is 3. The highest BCUT2D eigenvalue weighted by Gasteiger charge is 2.16. The molecule has 0 spiro atoms. The first-order valence-corrected chi connectivity index (χ1v) is 15.5. The van der Waals surface area contributed by atoms with Gasteiger partial charge in [0.2, 0.25) is 0 Å². The highest BCUT2D eigenvalue weighted by Crippen LogP contribution is 2.36. The zero-order valence-electron chi connectivity index (χ0n) is 24.9. The Balaban J connectivity index is 1.24. The van der Waals surface area contributed by atoms with Gasteiger partial charge in [-0.15, -0.1) is 0 Å². The van der Waals surface area contributed by atoms with Gasteiger partial charge >= 0.3 is 0 Å². The van der Waals surface area contributed by atoms with Crippen molar-refractivity contribution in [2.45, 2.75) is 0 Å². The van der Waals surface area contributed by atoms with Gasteiger partial charge in [-0.05, 0) is 60.3 Å². The van der Waals surface area contributed by atoms with E-state index in [0.29, 0.717) is 17.5 Å². The Morgan fingerprint density at radius 1 is 0.261 bits per heavy atom. The van der Waals surface area contributed by atoms with E-state index >= 15 is 0 Å². The molecule has 8 aromatic carbocycles. The lowest BCUT2D eigenvalue weighted by Gasteiger charge is -2.13. The standard InChI is InChI=1S/C43H27N3/c1-3-11-28(12-4-1)34-17-9-19-37-36(34)18-10-20-40(37)43-45-41(30-14-5-2-6-15-30)44-42(46-43)32-23-24-35-31(27-32)22-26-38-33-16-8-7-13-29(33)21-25-39(35)38/h1-27H. The van der Waals surface area contributed by atoms with Crippen LogP contribution in [0.1, 0.15) is 0 Å². The molecule has 9 aromatic rings. The SMILES string of the molecule is c1ccc(-c2nc(-c3ccc4c(ccc5c6ccccc6ccc45)c3)nc(-c3cccc4c(-c5ccccc5)cccc34)n2)cc1. The summed E-state index contributed by atoms with van der Waals surface area (Å²) in [5.41, 5.74) is 5.26. The number of nitrogens with zero attached hydrogens (tertiary/aromatic N) is 3. The third-order valence-electron chi connectivity index (χ3n) is 8.92. The second-order valence-corrected chi connectivity index (χ2v) is 11.6. The third-order valence-corrected chi connectivity index (χ3v) is 8.92. The second kappa shape index (κ2) is 10.8. The van der Waals surface area contributed by atoms with Crippen LogP contribution in [0, 0.1) is 0 Å². The van der Waals surface area contributed by atoms with Crippen LogP contribution in [0.5, 0.6) is 0 Å². The highest BCUT2D eigenvalue weighted by atomic mass is 15.0. The zero-order valence-corrected chi connectivity index (χ0v) is 24.9. The summed E-state index contributed by atoms with van der Waals surface area (Å²) in [4.78, 5) is 15.2. The summed E-state index contributed by atoms with van der Waals surface area (Å²) >= 11 is 0. The van der Waals surface area contributed by atoms with E-state index in [0.717, 1.165) is 27.5 Å². The summed E-state index contributed by atoms with van der Waals surface area (Å²) in [5.74, 6) is 1.97. The fourth-order valence-electron chi connectivity index (χ4n) is 6.68. The first kappa shape index (κ1) is 26.2. The van der Waals surface area contributed by atoms with Crippen molar-refractivity contribution in [3.05, 3.63) is 164 Å². The Hall–Kier alpha value is -6.19. The van der Waals surface area contributed by atoms with Gasteiger partial charge in [0, 0.05) is 16.7 Å². The average molecular weight is 586 g/mol. The molecular formula is C43H27N3. The molecule has 0 amide bonds. The molecule has 0 fully saturated rings. The van der Waals surface area contributed by atoms with E-state index in [-0.39, 0.29) is 0 Å². The largest absolute Gasteiger partial charge is 0.208 e. The van der Waals surface area contributed by atoms with E-state index in [4.69, 9.17) is 15.0 Å². The molecule has 0 unspecified atom stereocenters. The summed E-state index contributed by atoms with van der Waals surface area (Å²) in [7, 11) is 0. The maximum atomic E-state index is 5.14. The fourth-order valence-corrected chi connectivity index (χ4v) is 6.68. The lowest BCUT2D eigenvalue weighted by molar-refractivity contribution is 1.08. The lowest BCUT2D eigenvalue weighted by Crippen LogP contribution is -2.00. The predicted octanol–water partition coefficient (Wildman–Crippen LogP) is 11.2. The van der Waals surface area contributed by atoms with Crippen molar-refractivity contribution in [3.8, 4) is 45.3 Å². The third kappa shape index (κ3) is 4.41. The molecule has 0 aliphatic heterocycles. The molecule has 46 heavy (non-hydrogen) atoms. The van der Waals surface area contributed by atoms with Gasteiger partial charge in [-0.3, -0.25) is 0 Å². The number of hydrogen-bond donors (Lipinski definition) is 0. The Kier molecular flexibility index (Phi) is 6.14. The zero-order chi connectivity index (χ0) is 30.5. The Morgan fingerprint density at radius 2 is 0.783 bits per heavy atom. The summed E-state index contributed by atoms with van der Waals surface area (Å²) < 4.78 is 0. The first-order chi connectivity index (χ1) is 22.8. The number of benzene rings is 8. The second-order valence-electron chi connectivity index (χ2n) is 11.6. The van der Waals surface area contributed by atoms with Gasteiger partial charge < -0.3 is 0 Å². The van der Waals surface area contributed by atoms with E-state index in [2.05, 4.69) is 146 Å². The van der Waals surface area contributed by atoms with E-state index in [1.54, 1.807) is 0 Å². The van der Waals surface area contributed by atoms with Crippen molar-refractivity contribution >= 4 is 43.1 Å². The molecule has 1 heterocycles. The highest BCUT2D eigenvalue weighted by molar-refractivity contribution is 6.17. The average Bonchev–Trinajstić information content (AvgIpc) is 3.14. The molecular weight excluding hydrogens is 558 g/mol. The molecule has 0 saturated carbocycles. The van der Waals surface area contributed by atoms with Gasteiger partial charge in [0.25, 0.3) is 0 Å². The van der Waals surface area contributed by atoms with Crippen molar-refractivity contribution < 1.29 is 0 Å². The Labute approximate surface area is 266 Å². The van der Waals surface area contributed by atoms with Crippen LogP contribution in [0.25, 0.3) is 88.4 Å². The summed E-state index contributed by atoms with van der Waals surface area (Å²) in [6, 6.07) is 57.5. The van der Waals surface area contributed by atoms with Crippen LogP contribution in [-0.4, -0.2) is 15.0 Å². The summed E-state index contributed by atoms with van der Waals surface area (Å²) in [5, 5.41) is 9.67. The van der Waals surface area contributed by atoms with E-state index in [1.807, 2.05) is 18.2 Å². The topological polar surface area (TPSA) is 38.7 Å². The monoisotopic (exact) mass is 585 g/mol. The molecule has 0 bridgehead atoms. The van der Waals surface area contributed by atoms with E-state index < -0.39 is 0 Å². The molecule has 0 N–H and O–H groups in total. The van der Waals surface area contributed by atoms with Crippen LogP contribution in [0.2, 0.25) is 0 Å². The lowest BCUT2D eigenvalue weighted by atomic mass is 9.95. The molecule has 3 heteroatoms. The van der Waals surface area contributed by atoms with Gasteiger partial charge in [-0.25, -0.2) is 15.0 Å². The quantitative estimate of drug-likeness (QED) is 0.193. The normalized spacial score (nSPS) is 11.5. The van der Waals surface area contributed by atoms with Crippen molar-refractivity contribution in [2.75, 3.05) is 0 Å². The molecule has 0 radical (unpaired) electrons. The van der Waals surface area contributed by atoms with E-state index in [1.165, 1.54) is 43.4 Å². The van der Waals surface area contributed by atoms with Gasteiger partial charge in [-0.2, -0.15) is 0 Å². The van der Waals surface area contributed by atoms with Crippen LogP contribution < -0.4 is 0 Å². The van der Waals surface area contributed by atoms with Crippen molar-refractivity contribution in [3.63, 3.8) is 0 Å². The van der Waals surface area contributed by atoms with Gasteiger partial charge in [0.1, 0.15) is 0 Å². The number of fused-ring (bicyclic) bond motifs is 6. The van der Waals surface area contributed by atoms with Crippen LogP contribution in [0.4, 0.5) is 0 Å². The number of aromatic nitrogens is 3. The minimum atomic E-state index is 0.653. The van der Waals surface area contributed by atoms with Crippen LogP contribution in [-0.2, 0) is 0 Å². The molecule has 0 aliphatic rings. The fraction of sp³-hybridized carbons (Fsp3) is 0. The maximum Gasteiger partial charge on any atom is 0.164 e. The molecule has 9 rings (SSSR count). The summed E-state index contributed by atoms with van der Waals surface area (Å²) in [6.45, 7) is 0. The molecule has 0 aliphatic carbocycles. The molecule has 0 saturated heterocycles. The van der Waals surface area contributed by atoms with Gasteiger partial charge in [0.15, 0.2) is 17.5 Å². The van der Waals surface area contributed by atoms with Crippen LogP contribution in [0.3, 0.4) is 0 Å².